The molecule has 0 amide bonds. The fourth-order valence-corrected chi connectivity index (χ4v) is 1.75. The summed E-state index contributed by atoms with van der Waals surface area (Å²) in [5.74, 6) is -0.960. The number of likely N-dealkylation sites (N-methyl/N-ethyl adjacent to an activating group) is 1. The van der Waals surface area contributed by atoms with Crippen molar-refractivity contribution in [2.75, 3.05) is 20.1 Å². The van der Waals surface area contributed by atoms with Crippen molar-refractivity contribution >= 4 is 5.97 Å². The van der Waals surface area contributed by atoms with Crippen molar-refractivity contribution in [1.29, 1.82) is 0 Å². The first-order chi connectivity index (χ1) is 5.54. The van der Waals surface area contributed by atoms with Gasteiger partial charge in [-0.1, -0.05) is 0 Å². The van der Waals surface area contributed by atoms with E-state index in [1.807, 2.05) is 25.8 Å². The predicted molar refractivity (Wildman–Crippen MR) is 42.4 cm³/mol. The van der Waals surface area contributed by atoms with Crippen molar-refractivity contribution in [2.24, 2.45) is 0 Å². The number of aliphatic carboxylic acids is 1. The highest BCUT2D eigenvalue weighted by atomic mass is 16.4. The molecule has 1 aliphatic rings. The van der Waals surface area contributed by atoms with Gasteiger partial charge in [0.15, 0.2) is 6.17 Å². The van der Waals surface area contributed by atoms with Crippen molar-refractivity contribution < 1.29 is 14.8 Å². The average Bonchev–Trinajstić information content (AvgIpc) is 2.30. The number of nitrogens with one attached hydrogen (secondary N) is 1. The molecule has 12 heavy (non-hydrogen) atoms. The van der Waals surface area contributed by atoms with E-state index in [1.165, 1.54) is 0 Å². The number of quaternary nitrogens is 1. The second-order valence-corrected chi connectivity index (χ2v) is 3.65. The maximum Gasteiger partial charge on any atom is 0.185 e. The van der Waals surface area contributed by atoms with Gasteiger partial charge in [-0.05, 0) is 13.8 Å². The molecule has 2 unspecified atom stereocenters. The van der Waals surface area contributed by atoms with Crippen molar-refractivity contribution in [3.63, 3.8) is 0 Å². The van der Waals surface area contributed by atoms with Crippen molar-refractivity contribution in [3.05, 3.63) is 0 Å². The highest BCUT2D eigenvalue weighted by Gasteiger charge is 2.35. The van der Waals surface area contributed by atoms with Gasteiger partial charge in [-0.25, -0.2) is 4.90 Å². The Kier molecular flexibility index (Phi) is 2.69. The van der Waals surface area contributed by atoms with Gasteiger partial charge in [-0.15, -0.1) is 0 Å². The van der Waals surface area contributed by atoms with E-state index >= 15 is 0 Å². The summed E-state index contributed by atoms with van der Waals surface area (Å²) < 4.78 is 0. The Hall–Kier alpha value is -0.610. The average molecular weight is 172 g/mol. The SMILES string of the molecule is CC(C)N1CC[NH+](C)C1C(=O)[O-]. The maximum absolute atomic E-state index is 10.8. The number of rotatable bonds is 2. The van der Waals surface area contributed by atoms with Gasteiger partial charge < -0.3 is 14.8 Å². The van der Waals surface area contributed by atoms with Crippen LogP contribution in [-0.2, 0) is 4.79 Å². The molecule has 0 aromatic heterocycles. The molecule has 1 fully saturated rings. The van der Waals surface area contributed by atoms with Crippen LogP contribution >= 0.6 is 0 Å². The van der Waals surface area contributed by atoms with Gasteiger partial charge in [0.2, 0.25) is 0 Å². The summed E-state index contributed by atoms with van der Waals surface area (Å²) >= 11 is 0. The number of carboxylic acids is 1. The molecule has 0 aromatic carbocycles. The Bertz CT molecular complexity index is 182. The molecule has 0 saturated carbocycles. The summed E-state index contributed by atoms with van der Waals surface area (Å²) in [7, 11) is 1.89. The Morgan fingerprint density at radius 1 is 1.67 bits per heavy atom. The lowest BCUT2D eigenvalue weighted by molar-refractivity contribution is -0.891. The van der Waals surface area contributed by atoms with Crippen LogP contribution in [0.3, 0.4) is 0 Å². The lowest BCUT2D eigenvalue weighted by Gasteiger charge is -2.28. The minimum atomic E-state index is -0.960. The van der Waals surface area contributed by atoms with E-state index < -0.39 is 12.1 Å². The Balaban J connectivity index is 2.70. The number of hydrogen-bond acceptors (Lipinski definition) is 3. The van der Waals surface area contributed by atoms with Crippen molar-refractivity contribution in [1.82, 2.24) is 4.90 Å². The van der Waals surface area contributed by atoms with Crippen LogP contribution < -0.4 is 10.0 Å². The van der Waals surface area contributed by atoms with Crippen LogP contribution in [0.4, 0.5) is 0 Å². The standard InChI is InChI=1S/C8H16N2O2/c1-6(2)10-5-4-9(3)7(10)8(11)12/h6-7H,4-5H2,1-3H3,(H,11,12). The lowest BCUT2D eigenvalue weighted by atomic mass is 10.3. The van der Waals surface area contributed by atoms with Crippen molar-refractivity contribution in [3.8, 4) is 0 Å². The number of nitrogens with zero attached hydrogens (tertiary/aromatic N) is 1. The lowest BCUT2D eigenvalue weighted by Crippen LogP contribution is -3.13. The maximum atomic E-state index is 10.8. The Morgan fingerprint density at radius 2 is 2.25 bits per heavy atom. The van der Waals surface area contributed by atoms with Gasteiger partial charge in [0.1, 0.15) is 5.97 Å². The van der Waals surface area contributed by atoms with Gasteiger partial charge in [0.25, 0.3) is 0 Å². The fourth-order valence-electron chi connectivity index (χ4n) is 1.75. The Labute approximate surface area is 72.8 Å². The second-order valence-electron chi connectivity index (χ2n) is 3.65. The third kappa shape index (κ3) is 1.59. The number of hydrogen-bond donors (Lipinski definition) is 1. The number of carbonyl (C=O) groups excluding carboxylic acids is 1. The molecule has 1 N–H and O–H groups in total. The predicted octanol–water partition coefficient (Wildman–Crippen LogP) is -2.70. The largest absolute Gasteiger partial charge is 0.543 e. The van der Waals surface area contributed by atoms with Crippen LogP contribution in [0.1, 0.15) is 13.8 Å². The van der Waals surface area contributed by atoms with Gasteiger partial charge in [0, 0.05) is 6.04 Å². The second kappa shape index (κ2) is 3.41. The molecule has 1 rings (SSSR count). The molecule has 0 aromatic rings. The van der Waals surface area contributed by atoms with Crippen molar-refractivity contribution in [2.45, 2.75) is 26.1 Å². The third-order valence-electron chi connectivity index (χ3n) is 2.45. The first kappa shape index (κ1) is 9.48. The van der Waals surface area contributed by atoms with E-state index in [0.29, 0.717) is 0 Å². The zero-order chi connectivity index (χ0) is 9.30. The van der Waals surface area contributed by atoms with E-state index in [-0.39, 0.29) is 6.04 Å². The molecule has 1 saturated heterocycles. The molecular weight excluding hydrogens is 156 g/mol. The molecule has 4 nitrogen and oxygen atoms in total. The third-order valence-corrected chi connectivity index (χ3v) is 2.45. The van der Waals surface area contributed by atoms with E-state index in [2.05, 4.69) is 0 Å². The normalized spacial score (nSPS) is 31.3. The highest BCUT2D eigenvalue weighted by molar-refractivity contribution is 5.69. The summed E-state index contributed by atoms with van der Waals surface area (Å²) in [4.78, 5) is 13.7. The van der Waals surface area contributed by atoms with E-state index in [9.17, 15) is 9.90 Å². The van der Waals surface area contributed by atoms with E-state index in [1.54, 1.807) is 0 Å². The molecule has 0 radical (unpaired) electrons. The summed E-state index contributed by atoms with van der Waals surface area (Å²) in [5.41, 5.74) is 0. The minimum absolute atomic E-state index is 0.283. The number of carboxylic acid groups (broad SMARTS) is 1. The first-order valence-electron chi connectivity index (χ1n) is 4.33. The zero-order valence-corrected chi connectivity index (χ0v) is 7.83. The van der Waals surface area contributed by atoms with Gasteiger partial charge in [-0.3, -0.25) is 0 Å². The molecule has 0 bridgehead atoms. The quantitative estimate of drug-likeness (QED) is 0.493. The molecular formula is C8H16N2O2. The van der Waals surface area contributed by atoms with Gasteiger partial charge in [-0.2, -0.15) is 0 Å². The van der Waals surface area contributed by atoms with Crippen LogP contribution in [0.2, 0.25) is 0 Å². The van der Waals surface area contributed by atoms with Crippen LogP contribution in [0.5, 0.6) is 0 Å². The van der Waals surface area contributed by atoms with Gasteiger partial charge in [0.05, 0.1) is 20.1 Å². The van der Waals surface area contributed by atoms with Crippen LogP contribution in [0.15, 0.2) is 0 Å². The number of carbonyl (C=O) groups is 1. The molecule has 70 valence electrons. The van der Waals surface area contributed by atoms with Crippen LogP contribution in [-0.4, -0.2) is 43.2 Å². The smallest absolute Gasteiger partial charge is 0.185 e. The molecule has 0 aliphatic carbocycles. The summed E-state index contributed by atoms with van der Waals surface area (Å²) in [6.07, 6.45) is -0.454. The summed E-state index contributed by atoms with van der Waals surface area (Å²) in [6.45, 7) is 5.75. The topological polar surface area (TPSA) is 47.8 Å². The molecule has 4 heteroatoms. The van der Waals surface area contributed by atoms with Crippen LogP contribution in [0.25, 0.3) is 0 Å². The molecule has 1 heterocycles. The molecule has 0 spiro atoms. The zero-order valence-electron chi connectivity index (χ0n) is 7.83. The highest BCUT2D eigenvalue weighted by Crippen LogP contribution is 2.03. The summed E-state index contributed by atoms with van der Waals surface area (Å²) in [6, 6.07) is 0.283. The fraction of sp³-hybridized carbons (Fsp3) is 0.875. The summed E-state index contributed by atoms with van der Waals surface area (Å²) in [5, 5.41) is 10.8. The van der Waals surface area contributed by atoms with E-state index in [4.69, 9.17) is 0 Å². The molecule has 2 atom stereocenters. The van der Waals surface area contributed by atoms with Crippen LogP contribution in [0, 0.1) is 0 Å². The first-order valence-corrected chi connectivity index (χ1v) is 4.33. The van der Waals surface area contributed by atoms with E-state index in [0.717, 1.165) is 18.0 Å². The monoisotopic (exact) mass is 172 g/mol. The minimum Gasteiger partial charge on any atom is -0.543 e. The Morgan fingerprint density at radius 3 is 2.58 bits per heavy atom. The molecule has 1 aliphatic heterocycles. The van der Waals surface area contributed by atoms with Gasteiger partial charge >= 0.3 is 0 Å².